The zero-order valence-corrected chi connectivity index (χ0v) is 20.5. The van der Waals surface area contributed by atoms with E-state index in [1.807, 2.05) is 30.0 Å². The van der Waals surface area contributed by atoms with Gasteiger partial charge >= 0.3 is 0 Å². The number of likely N-dealkylation sites (tertiary alicyclic amines) is 1. The fourth-order valence-electron chi connectivity index (χ4n) is 4.71. The Morgan fingerprint density at radius 2 is 1.94 bits per heavy atom. The number of aliphatic imine (C=N–C) groups is 1. The first-order chi connectivity index (χ1) is 16.9. The van der Waals surface area contributed by atoms with Crippen molar-refractivity contribution in [2.45, 2.75) is 45.7 Å². The van der Waals surface area contributed by atoms with Crippen molar-refractivity contribution >= 4 is 17.5 Å². The van der Waals surface area contributed by atoms with Gasteiger partial charge in [-0.15, -0.1) is 0 Å². The van der Waals surface area contributed by atoms with Crippen molar-refractivity contribution < 1.29 is 19.4 Å². The first kappa shape index (κ1) is 24.7. The number of fused-ring (bicyclic) bond motifs is 1. The van der Waals surface area contributed by atoms with E-state index in [-0.39, 0.29) is 23.1 Å². The van der Waals surface area contributed by atoms with Gasteiger partial charge in [-0.25, -0.2) is 0 Å². The van der Waals surface area contributed by atoms with E-state index >= 15 is 0 Å². The third-order valence-electron chi connectivity index (χ3n) is 6.72. The van der Waals surface area contributed by atoms with Crippen molar-refractivity contribution in [1.82, 2.24) is 9.80 Å². The molecule has 8 heteroatoms. The largest absolute Gasteiger partial charge is 0.507 e. The summed E-state index contributed by atoms with van der Waals surface area (Å²) in [4.78, 5) is 33.8. The van der Waals surface area contributed by atoms with Crippen LogP contribution < -0.4 is 10.5 Å². The van der Waals surface area contributed by atoms with Gasteiger partial charge in [0.2, 0.25) is 5.91 Å². The molecule has 8 nitrogen and oxygen atoms in total. The summed E-state index contributed by atoms with van der Waals surface area (Å²) in [5.74, 6) is 0.604. The predicted molar refractivity (Wildman–Crippen MR) is 135 cm³/mol. The quantitative estimate of drug-likeness (QED) is 0.448. The molecule has 2 heterocycles. The molecule has 186 valence electrons. The minimum atomic E-state index is -0.241. The molecule has 0 saturated carbocycles. The monoisotopic (exact) mass is 478 g/mol. The third kappa shape index (κ3) is 5.48. The second kappa shape index (κ2) is 10.9. The Morgan fingerprint density at radius 1 is 1.14 bits per heavy atom. The van der Waals surface area contributed by atoms with Gasteiger partial charge in [-0.05, 0) is 73.7 Å². The third-order valence-corrected chi connectivity index (χ3v) is 6.72. The number of rotatable bonds is 8. The molecule has 0 atom stereocenters. The molecule has 2 aromatic rings. The van der Waals surface area contributed by atoms with Crippen molar-refractivity contribution in [1.29, 1.82) is 0 Å². The molecule has 0 spiro atoms. The summed E-state index contributed by atoms with van der Waals surface area (Å²) in [5, 5.41) is 10.7. The van der Waals surface area contributed by atoms with E-state index in [0.29, 0.717) is 45.8 Å². The van der Waals surface area contributed by atoms with Gasteiger partial charge in [0.25, 0.3) is 5.91 Å². The van der Waals surface area contributed by atoms with E-state index in [2.05, 4.69) is 4.99 Å². The Bertz CT molecular complexity index is 1140. The summed E-state index contributed by atoms with van der Waals surface area (Å²) in [5.41, 5.74) is 10.2. The number of benzene rings is 2. The number of hydrogen-bond donors (Lipinski definition) is 2. The lowest BCUT2D eigenvalue weighted by Gasteiger charge is -2.28. The molecule has 0 unspecified atom stereocenters. The van der Waals surface area contributed by atoms with Crippen LogP contribution in [0.3, 0.4) is 0 Å². The molecular formula is C27H34N4O4. The number of nitrogens with two attached hydrogens (primary N) is 1. The number of aryl methyl sites for hydroxylation is 1. The second-order valence-corrected chi connectivity index (χ2v) is 9.21. The molecular weight excluding hydrogens is 444 g/mol. The molecule has 35 heavy (non-hydrogen) atoms. The fraction of sp³-hybridized carbons (Fsp3) is 0.444. The average Bonchev–Trinajstić information content (AvgIpc) is 3.27. The number of carbonyl (C=O) groups is 2. The molecule has 3 N–H and O–H groups in total. The lowest BCUT2D eigenvalue weighted by Crippen LogP contribution is -2.39. The number of nitrogens with zero attached hydrogens (tertiary/aromatic N) is 3. The highest BCUT2D eigenvalue weighted by Gasteiger charge is 2.28. The maximum atomic E-state index is 13.5. The minimum Gasteiger partial charge on any atom is -0.507 e. The number of amides is 2. The molecule has 2 aliphatic rings. The number of phenolic OH excluding ortho intramolecular Hbond substituents is 1. The van der Waals surface area contributed by atoms with Crippen LogP contribution in [0.1, 0.15) is 58.3 Å². The second-order valence-electron chi connectivity index (χ2n) is 9.21. The van der Waals surface area contributed by atoms with E-state index in [4.69, 9.17) is 10.5 Å². The average molecular weight is 479 g/mol. The van der Waals surface area contributed by atoms with Gasteiger partial charge in [0.05, 0.1) is 24.4 Å². The van der Waals surface area contributed by atoms with Gasteiger partial charge in [0.15, 0.2) is 0 Å². The summed E-state index contributed by atoms with van der Waals surface area (Å²) in [6.45, 7) is 5.04. The SMILES string of the molecule is C/N=C(/CN1CCCCC1=O)c1cc(C(=O)N2Cc3ccc(OCCCN)cc3C2)c(O)cc1C. The van der Waals surface area contributed by atoms with E-state index < -0.39 is 0 Å². The highest BCUT2D eigenvalue weighted by atomic mass is 16.5. The summed E-state index contributed by atoms with van der Waals surface area (Å²) in [7, 11) is 1.70. The fourth-order valence-corrected chi connectivity index (χ4v) is 4.71. The minimum absolute atomic E-state index is 0.0532. The van der Waals surface area contributed by atoms with E-state index in [9.17, 15) is 14.7 Å². The Balaban J connectivity index is 1.53. The number of piperidine rings is 1. The van der Waals surface area contributed by atoms with Crippen LogP contribution in [0.5, 0.6) is 11.5 Å². The molecule has 2 aromatic carbocycles. The van der Waals surface area contributed by atoms with Crippen LogP contribution in [0.15, 0.2) is 35.3 Å². The molecule has 1 saturated heterocycles. The lowest BCUT2D eigenvalue weighted by atomic mass is 9.98. The van der Waals surface area contributed by atoms with Crippen molar-refractivity contribution in [2.75, 3.05) is 33.3 Å². The van der Waals surface area contributed by atoms with E-state index in [0.717, 1.165) is 53.0 Å². The number of ether oxygens (including phenoxy) is 1. The molecule has 0 radical (unpaired) electrons. The van der Waals surface area contributed by atoms with Gasteiger partial charge in [-0.3, -0.25) is 14.6 Å². The van der Waals surface area contributed by atoms with Crippen molar-refractivity contribution in [2.24, 2.45) is 10.7 Å². The van der Waals surface area contributed by atoms with Crippen LogP contribution >= 0.6 is 0 Å². The van der Waals surface area contributed by atoms with E-state index in [1.54, 1.807) is 24.1 Å². The van der Waals surface area contributed by atoms with Gasteiger partial charge in [0.1, 0.15) is 11.5 Å². The molecule has 4 rings (SSSR count). The van der Waals surface area contributed by atoms with Gasteiger partial charge in [-0.1, -0.05) is 6.07 Å². The highest BCUT2D eigenvalue weighted by molar-refractivity contribution is 6.07. The topological polar surface area (TPSA) is 108 Å². The van der Waals surface area contributed by atoms with Crippen molar-refractivity contribution in [3.05, 3.63) is 58.1 Å². The molecule has 1 fully saturated rings. The summed E-state index contributed by atoms with van der Waals surface area (Å²) in [6.07, 6.45) is 3.25. The first-order valence-electron chi connectivity index (χ1n) is 12.2. The molecule has 2 amide bonds. The number of carbonyl (C=O) groups excluding carboxylic acids is 2. The summed E-state index contributed by atoms with van der Waals surface area (Å²) >= 11 is 0. The van der Waals surface area contributed by atoms with Crippen molar-refractivity contribution in [3.63, 3.8) is 0 Å². The Labute approximate surface area is 206 Å². The summed E-state index contributed by atoms with van der Waals surface area (Å²) < 4.78 is 5.74. The Hall–Kier alpha value is -3.39. The number of aromatic hydroxyl groups is 1. The van der Waals surface area contributed by atoms with Gasteiger partial charge in [0, 0.05) is 38.7 Å². The van der Waals surface area contributed by atoms with Crippen molar-refractivity contribution in [3.8, 4) is 11.5 Å². The van der Waals surface area contributed by atoms with Gasteiger partial charge in [-0.2, -0.15) is 0 Å². The van der Waals surface area contributed by atoms with Crippen LogP contribution in [0.2, 0.25) is 0 Å². The lowest BCUT2D eigenvalue weighted by molar-refractivity contribution is -0.132. The zero-order chi connectivity index (χ0) is 24.9. The summed E-state index contributed by atoms with van der Waals surface area (Å²) in [6, 6.07) is 9.19. The smallest absolute Gasteiger partial charge is 0.258 e. The van der Waals surface area contributed by atoms with Crippen LogP contribution in [-0.4, -0.2) is 65.7 Å². The molecule has 0 aromatic heterocycles. The highest BCUT2D eigenvalue weighted by Crippen LogP contribution is 2.31. The normalized spacial score (nSPS) is 16.0. The number of hydrogen-bond acceptors (Lipinski definition) is 6. The maximum Gasteiger partial charge on any atom is 0.258 e. The molecule has 0 aliphatic carbocycles. The van der Waals surface area contributed by atoms with Crippen LogP contribution in [0.4, 0.5) is 0 Å². The van der Waals surface area contributed by atoms with Crippen LogP contribution in [0, 0.1) is 6.92 Å². The Morgan fingerprint density at radius 3 is 2.69 bits per heavy atom. The first-order valence-corrected chi connectivity index (χ1v) is 12.2. The molecule has 2 aliphatic heterocycles. The Kier molecular flexibility index (Phi) is 7.70. The van der Waals surface area contributed by atoms with Crippen LogP contribution in [-0.2, 0) is 17.9 Å². The standard InChI is InChI=1S/C27H34N4O4/c1-18-12-25(32)23(14-22(18)24(29-2)17-30-10-4-3-6-26(30)33)27(34)31-15-19-7-8-21(13-20(19)16-31)35-11-5-9-28/h7-8,12-14,32H,3-6,9-11,15-17,28H2,1-2H3/b29-24-. The van der Waals surface area contributed by atoms with E-state index in [1.165, 1.54) is 0 Å². The van der Waals surface area contributed by atoms with Gasteiger partial charge < -0.3 is 25.4 Å². The predicted octanol–water partition coefficient (Wildman–Crippen LogP) is 3.02. The maximum absolute atomic E-state index is 13.5. The zero-order valence-electron chi connectivity index (χ0n) is 20.5. The molecule has 0 bridgehead atoms. The van der Waals surface area contributed by atoms with Crippen LogP contribution in [0.25, 0.3) is 0 Å². The number of phenols is 1.